The van der Waals surface area contributed by atoms with Gasteiger partial charge in [0.25, 0.3) is 0 Å². The molecule has 1 aromatic carbocycles. The number of nitrogens with zero attached hydrogens (tertiary/aromatic N) is 4. The SMILES string of the molecule is CC(C)(C)OC(=O)N1Cc2nc(-c3cccc(C(F)(F)F)c3)ncc2C1C(=O)N1CCCC1. The second-order valence-electron chi connectivity index (χ2n) is 9.22. The first-order chi connectivity index (χ1) is 15.4. The van der Waals surface area contributed by atoms with Crippen molar-refractivity contribution in [3.05, 3.63) is 47.3 Å². The van der Waals surface area contributed by atoms with E-state index in [2.05, 4.69) is 9.97 Å². The monoisotopic (exact) mass is 462 g/mol. The Morgan fingerprint density at radius 3 is 2.45 bits per heavy atom. The maximum absolute atomic E-state index is 13.3. The molecule has 3 heterocycles. The molecule has 0 bridgehead atoms. The molecule has 176 valence electrons. The number of halogens is 3. The van der Waals surface area contributed by atoms with Crippen molar-refractivity contribution in [2.45, 2.75) is 58.0 Å². The van der Waals surface area contributed by atoms with E-state index in [0.29, 0.717) is 24.3 Å². The van der Waals surface area contributed by atoms with Gasteiger partial charge < -0.3 is 9.64 Å². The maximum atomic E-state index is 13.3. The minimum atomic E-state index is -4.49. The van der Waals surface area contributed by atoms with E-state index in [0.717, 1.165) is 25.0 Å². The van der Waals surface area contributed by atoms with Crippen LogP contribution in [0.2, 0.25) is 0 Å². The van der Waals surface area contributed by atoms with Crippen molar-refractivity contribution in [3.63, 3.8) is 0 Å². The molecular formula is C23H25F3N4O3. The number of amides is 2. The molecular weight excluding hydrogens is 437 g/mol. The van der Waals surface area contributed by atoms with Gasteiger partial charge in [-0.3, -0.25) is 9.69 Å². The van der Waals surface area contributed by atoms with Crippen LogP contribution < -0.4 is 0 Å². The first kappa shape index (κ1) is 23.0. The average molecular weight is 462 g/mol. The molecule has 1 atom stereocenters. The number of benzene rings is 1. The summed E-state index contributed by atoms with van der Waals surface area (Å²) in [4.78, 5) is 37.9. The highest BCUT2D eigenvalue weighted by molar-refractivity contribution is 5.88. The molecule has 2 aromatic rings. The van der Waals surface area contributed by atoms with E-state index in [1.54, 1.807) is 25.7 Å². The van der Waals surface area contributed by atoms with Gasteiger partial charge in [0.2, 0.25) is 5.91 Å². The summed E-state index contributed by atoms with van der Waals surface area (Å²) in [5, 5.41) is 0. The fourth-order valence-corrected chi connectivity index (χ4v) is 4.04. The van der Waals surface area contributed by atoms with Crippen molar-refractivity contribution in [2.24, 2.45) is 0 Å². The average Bonchev–Trinajstić information content (AvgIpc) is 3.39. The molecule has 0 spiro atoms. The third-order valence-electron chi connectivity index (χ3n) is 5.55. The highest BCUT2D eigenvalue weighted by Crippen LogP contribution is 2.37. The zero-order valence-electron chi connectivity index (χ0n) is 18.6. The van der Waals surface area contributed by atoms with Crippen LogP contribution in [-0.2, 0) is 22.3 Å². The molecule has 0 aliphatic carbocycles. The van der Waals surface area contributed by atoms with Gasteiger partial charge in [0.15, 0.2) is 5.82 Å². The normalized spacial score (nSPS) is 18.4. The Morgan fingerprint density at radius 2 is 1.82 bits per heavy atom. The quantitative estimate of drug-likeness (QED) is 0.653. The minimum absolute atomic E-state index is 0.00295. The number of fused-ring (bicyclic) bond motifs is 1. The summed E-state index contributed by atoms with van der Waals surface area (Å²) in [6.45, 7) is 6.42. The van der Waals surface area contributed by atoms with E-state index >= 15 is 0 Å². The lowest BCUT2D eigenvalue weighted by Crippen LogP contribution is -2.43. The number of ether oxygens (including phenoxy) is 1. The van der Waals surface area contributed by atoms with Crippen LogP contribution in [0.1, 0.15) is 56.5 Å². The Kier molecular flexibility index (Phi) is 5.79. The Hall–Kier alpha value is -3.17. The van der Waals surface area contributed by atoms with Crippen LogP contribution in [-0.4, -0.2) is 50.5 Å². The lowest BCUT2D eigenvalue weighted by atomic mass is 10.1. The number of aromatic nitrogens is 2. The van der Waals surface area contributed by atoms with Gasteiger partial charge in [-0.15, -0.1) is 0 Å². The van der Waals surface area contributed by atoms with Crippen LogP contribution in [0.5, 0.6) is 0 Å². The van der Waals surface area contributed by atoms with E-state index in [-0.39, 0.29) is 23.8 Å². The predicted octanol–water partition coefficient (Wildman–Crippen LogP) is 4.58. The molecule has 7 nitrogen and oxygen atoms in total. The molecule has 33 heavy (non-hydrogen) atoms. The van der Waals surface area contributed by atoms with E-state index in [1.807, 2.05) is 0 Å². The number of alkyl halides is 3. The van der Waals surface area contributed by atoms with Gasteiger partial charge in [-0.1, -0.05) is 12.1 Å². The van der Waals surface area contributed by atoms with Crippen molar-refractivity contribution in [2.75, 3.05) is 13.1 Å². The number of likely N-dealkylation sites (tertiary alicyclic amines) is 1. The van der Waals surface area contributed by atoms with Gasteiger partial charge in [-0.2, -0.15) is 13.2 Å². The first-order valence-corrected chi connectivity index (χ1v) is 10.8. The minimum Gasteiger partial charge on any atom is -0.444 e. The van der Waals surface area contributed by atoms with Crippen LogP contribution in [0.15, 0.2) is 30.5 Å². The Balaban J connectivity index is 1.70. The first-order valence-electron chi connectivity index (χ1n) is 10.8. The van der Waals surface area contributed by atoms with Gasteiger partial charge in [0, 0.05) is 30.4 Å². The summed E-state index contributed by atoms with van der Waals surface area (Å²) in [5.74, 6) is -0.134. The van der Waals surface area contributed by atoms with Crippen molar-refractivity contribution >= 4 is 12.0 Å². The molecule has 1 saturated heterocycles. The predicted molar refractivity (Wildman–Crippen MR) is 113 cm³/mol. The summed E-state index contributed by atoms with van der Waals surface area (Å²) in [6.07, 6.45) is -1.93. The summed E-state index contributed by atoms with van der Waals surface area (Å²) >= 11 is 0. The van der Waals surface area contributed by atoms with Gasteiger partial charge >= 0.3 is 12.3 Å². The molecule has 1 fully saturated rings. The molecule has 10 heteroatoms. The molecule has 0 saturated carbocycles. The summed E-state index contributed by atoms with van der Waals surface area (Å²) in [6, 6.07) is 3.82. The fourth-order valence-electron chi connectivity index (χ4n) is 4.04. The molecule has 2 amide bonds. The van der Waals surface area contributed by atoms with Gasteiger partial charge in [-0.05, 0) is 45.7 Å². The smallest absolute Gasteiger partial charge is 0.416 e. The standard InChI is InChI=1S/C23H25F3N4O3/c1-22(2,3)33-21(32)30-13-17-16(18(30)20(31)29-9-4-5-10-29)12-27-19(28-17)14-7-6-8-15(11-14)23(24,25)26/h6-8,11-12,18H,4-5,9-10,13H2,1-3H3. The second kappa shape index (κ2) is 8.31. The third kappa shape index (κ3) is 4.79. The molecule has 0 radical (unpaired) electrons. The van der Waals surface area contributed by atoms with E-state index in [1.165, 1.54) is 23.2 Å². The number of hydrogen-bond donors (Lipinski definition) is 0. The van der Waals surface area contributed by atoms with E-state index in [9.17, 15) is 22.8 Å². The second-order valence-corrected chi connectivity index (χ2v) is 9.22. The lowest BCUT2D eigenvalue weighted by Gasteiger charge is -2.30. The Morgan fingerprint density at radius 1 is 1.12 bits per heavy atom. The lowest BCUT2D eigenvalue weighted by molar-refractivity contribution is -0.137. The van der Waals surface area contributed by atoms with Crippen molar-refractivity contribution in [1.82, 2.24) is 19.8 Å². The topological polar surface area (TPSA) is 75.6 Å². The molecule has 2 aliphatic rings. The van der Waals surface area contributed by atoms with Crippen LogP contribution in [0.3, 0.4) is 0 Å². The van der Waals surface area contributed by atoms with Crippen LogP contribution in [0.4, 0.5) is 18.0 Å². The molecule has 1 aromatic heterocycles. The number of hydrogen-bond acceptors (Lipinski definition) is 5. The highest BCUT2D eigenvalue weighted by atomic mass is 19.4. The molecule has 1 unspecified atom stereocenters. The molecule has 2 aliphatic heterocycles. The largest absolute Gasteiger partial charge is 0.444 e. The zero-order chi connectivity index (χ0) is 24.0. The fraction of sp³-hybridized carbons (Fsp3) is 0.478. The number of carbonyl (C=O) groups is 2. The van der Waals surface area contributed by atoms with E-state index < -0.39 is 29.5 Å². The summed E-state index contributed by atoms with van der Waals surface area (Å²) < 4.78 is 44.9. The Bertz CT molecular complexity index is 1080. The summed E-state index contributed by atoms with van der Waals surface area (Å²) in [7, 11) is 0. The van der Waals surface area contributed by atoms with Crippen molar-refractivity contribution in [3.8, 4) is 11.4 Å². The zero-order valence-corrected chi connectivity index (χ0v) is 18.6. The maximum Gasteiger partial charge on any atom is 0.416 e. The van der Waals surface area contributed by atoms with Crippen molar-refractivity contribution < 1.29 is 27.5 Å². The Labute approximate surface area is 189 Å². The van der Waals surface area contributed by atoms with Crippen LogP contribution >= 0.6 is 0 Å². The number of rotatable bonds is 2. The van der Waals surface area contributed by atoms with Crippen LogP contribution in [0.25, 0.3) is 11.4 Å². The van der Waals surface area contributed by atoms with E-state index in [4.69, 9.17) is 4.74 Å². The van der Waals surface area contributed by atoms with Crippen molar-refractivity contribution in [1.29, 1.82) is 0 Å². The van der Waals surface area contributed by atoms with Gasteiger partial charge in [0.1, 0.15) is 11.6 Å². The number of carbonyl (C=O) groups excluding carboxylic acids is 2. The van der Waals surface area contributed by atoms with Gasteiger partial charge in [0.05, 0.1) is 17.8 Å². The molecule has 4 rings (SSSR count). The summed E-state index contributed by atoms with van der Waals surface area (Å²) in [5.41, 5.74) is -0.483. The van der Waals surface area contributed by atoms with Crippen LogP contribution in [0, 0.1) is 0 Å². The molecule has 0 N–H and O–H groups in total. The highest BCUT2D eigenvalue weighted by Gasteiger charge is 2.44. The van der Waals surface area contributed by atoms with Gasteiger partial charge in [-0.25, -0.2) is 14.8 Å². The third-order valence-corrected chi connectivity index (χ3v) is 5.55.